The Balaban J connectivity index is 1.93. The maximum absolute atomic E-state index is 5.78. The van der Waals surface area contributed by atoms with Crippen LogP contribution in [0, 0.1) is 0 Å². The molecule has 0 bridgehead atoms. The van der Waals surface area contributed by atoms with E-state index >= 15 is 0 Å². The zero-order chi connectivity index (χ0) is 14.9. The van der Waals surface area contributed by atoms with Crippen LogP contribution in [0.3, 0.4) is 0 Å². The van der Waals surface area contributed by atoms with Crippen molar-refractivity contribution in [1.29, 1.82) is 0 Å². The predicted octanol–water partition coefficient (Wildman–Crippen LogP) is 3.57. The highest BCUT2D eigenvalue weighted by molar-refractivity contribution is 7.10. The van der Waals surface area contributed by atoms with Gasteiger partial charge >= 0.3 is 0 Å². The van der Waals surface area contributed by atoms with E-state index in [-0.39, 0.29) is 5.41 Å². The molecule has 0 unspecified atom stereocenters. The number of thiophene rings is 1. The van der Waals surface area contributed by atoms with Crippen molar-refractivity contribution in [2.75, 3.05) is 5.73 Å². The number of aromatic nitrogens is 3. The van der Waals surface area contributed by atoms with Gasteiger partial charge in [-0.05, 0) is 23.6 Å². The van der Waals surface area contributed by atoms with E-state index in [9.17, 15) is 0 Å². The van der Waals surface area contributed by atoms with Gasteiger partial charge in [-0.2, -0.15) is 0 Å². The molecule has 0 saturated carbocycles. The number of hydrogen-bond donors (Lipinski definition) is 1. The standard InChI is InChI=1S/C16H18N4S/c1-16(2,14-4-3-7-21-14)10-20-11-18-9-13(20)12-5-6-19-15(17)8-12/h3-9,11H,10H2,1-2H3,(H2,17,19). The molecule has 0 aliphatic rings. The molecule has 0 atom stereocenters. The van der Waals surface area contributed by atoms with Crippen molar-refractivity contribution in [2.24, 2.45) is 0 Å². The first-order valence-corrected chi connectivity index (χ1v) is 7.70. The van der Waals surface area contributed by atoms with Gasteiger partial charge in [-0.25, -0.2) is 9.97 Å². The fraction of sp³-hybridized carbons (Fsp3) is 0.250. The molecule has 3 heterocycles. The topological polar surface area (TPSA) is 56.7 Å². The number of anilines is 1. The first kappa shape index (κ1) is 13.8. The molecule has 0 radical (unpaired) electrons. The Morgan fingerprint density at radius 3 is 2.90 bits per heavy atom. The van der Waals surface area contributed by atoms with Gasteiger partial charge in [0.05, 0.1) is 18.2 Å². The average Bonchev–Trinajstić information content (AvgIpc) is 3.09. The van der Waals surface area contributed by atoms with E-state index in [2.05, 4.69) is 45.9 Å². The third-order valence-corrected chi connectivity index (χ3v) is 4.78. The second kappa shape index (κ2) is 5.33. The van der Waals surface area contributed by atoms with E-state index in [4.69, 9.17) is 5.73 Å². The van der Waals surface area contributed by atoms with Crippen LogP contribution in [-0.2, 0) is 12.0 Å². The van der Waals surface area contributed by atoms with Crippen LogP contribution in [-0.4, -0.2) is 14.5 Å². The molecular formula is C16H18N4S. The van der Waals surface area contributed by atoms with Crippen LogP contribution in [0.2, 0.25) is 0 Å². The smallest absolute Gasteiger partial charge is 0.123 e. The van der Waals surface area contributed by atoms with E-state index < -0.39 is 0 Å². The van der Waals surface area contributed by atoms with Crippen LogP contribution in [0.4, 0.5) is 5.82 Å². The number of nitrogens with two attached hydrogens (primary N) is 1. The second-order valence-corrected chi connectivity index (χ2v) is 6.69. The van der Waals surface area contributed by atoms with Gasteiger partial charge in [0, 0.05) is 28.6 Å². The third kappa shape index (κ3) is 2.83. The monoisotopic (exact) mass is 298 g/mol. The van der Waals surface area contributed by atoms with E-state index in [1.807, 2.05) is 24.7 Å². The van der Waals surface area contributed by atoms with Crippen molar-refractivity contribution < 1.29 is 0 Å². The van der Waals surface area contributed by atoms with Crippen LogP contribution in [0.15, 0.2) is 48.4 Å². The summed E-state index contributed by atoms with van der Waals surface area (Å²) in [7, 11) is 0. The molecule has 0 aliphatic carbocycles. The fourth-order valence-corrected chi connectivity index (χ4v) is 3.31. The molecule has 5 heteroatoms. The molecule has 0 fully saturated rings. The Morgan fingerprint density at radius 2 is 2.19 bits per heavy atom. The minimum atomic E-state index is 0.0577. The SMILES string of the molecule is CC(C)(Cn1cncc1-c1ccnc(N)c1)c1cccs1. The molecule has 2 N–H and O–H groups in total. The van der Waals surface area contributed by atoms with Gasteiger partial charge in [0.25, 0.3) is 0 Å². The van der Waals surface area contributed by atoms with Gasteiger partial charge < -0.3 is 10.3 Å². The van der Waals surface area contributed by atoms with Gasteiger partial charge in [0.1, 0.15) is 5.82 Å². The minimum absolute atomic E-state index is 0.0577. The number of hydrogen-bond acceptors (Lipinski definition) is 4. The Morgan fingerprint density at radius 1 is 1.33 bits per heavy atom. The summed E-state index contributed by atoms with van der Waals surface area (Å²) in [5.74, 6) is 0.526. The molecule has 3 aromatic rings. The summed E-state index contributed by atoms with van der Waals surface area (Å²) in [5.41, 5.74) is 7.94. The lowest BCUT2D eigenvalue weighted by Crippen LogP contribution is -2.23. The van der Waals surface area contributed by atoms with Gasteiger partial charge in [-0.3, -0.25) is 0 Å². The zero-order valence-corrected chi connectivity index (χ0v) is 13.0. The van der Waals surface area contributed by atoms with Crippen LogP contribution < -0.4 is 5.73 Å². The molecule has 4 nitrogen and oxygen atoms in total. The van der Waals surface area contributed by atoms with Gasteiger partial charge in [-0.1, -0.05) is 19.9 Å². The molecule has 0 spiro atoms. The highest BCUT2D eigenvalue weighted by Gasteiger charge is 2.23. The van der Waals surface area contributed by atoms with Crippen molar-refractivity contribution in [1.82, 2.24) is 14.5 Å². The Hall–Kier alpha value is -2.14. The molecule has 21 heavy (non-hydrogen) atoms. The Labute approximate surface area is 128 Å². The lowest BCUT2D eigenvalue weighted by Gasteiger charge is -2.25. The highest BCUT2D eigenvalue weighted by Crippen LogP contribution is 2.31. The van der Waals surface area contributed by atoms with Crippen LogP contribution in [0.25, 0.3) is 11.3 Å². The summed E-state index contributed by atoms with van der Waals surface area (Å²) < 4.78 is 2.18. The summed E-state index contributed by atoms with van der Waals surface area (Å²) in [6.45, 7) is 5.37. The number of nitrogens with zero attached hydrogens (tertiary/aromatic N) is 3. The molecular weight excluding hydrogens is 280 g/mol. The maximum Gasteiger partial charge on any atom is 0.123 e. The van der Waals surface area contributed by atoms with E-state index in [1.165, 1.54) is 4.88 Å². The Kier molecular flexibility index (Phi) is 3.51. The molecule has 0 saturated heterocycles. The van der Waals surface area contributed by atoms with Crippen molar-refractivity contribution >= 4 is 17.2 Å². The summed E-state index contributed by atoms with van der Waals surface area (Å²) in [5, 5.41) is 2.12. The van der Waals surface area contributed by atoms with Crippen molar-refractivity contribution in [3.05, 3.63) is 53.2 Å². The van der Waals surface area contributed by atoms with Crippen molar-refractivity contribution in [2.45, 2.75) is 25.8 Å². The maximum atomic E-state index is 5.78. The summed E-state index contributed by atoms with van der Waals surface area (Å²) in [6.07, 6.45) is 5.48. The predicted molar refractivity (Wildman–Crippen MR) is 87.2 cm³/mol. The van der Waals surface area contributed by atoms with Crippen LogP contribution in [0.1, 0.15) is 18.7 Å². The van der Waals surface area contributed by atoms with Crippen LogP contribution >= 0.6 is 11.3 Å². The van der Waals surface area contributed by atoms with Gasteiger partial charge in [0.2, 0.25) is 0 Å². The lowest BCUT2D eigenvalue weighted by atomic mass is 9.91. The average molecular weight is 298 g/mol. The molecule has 108 valence electrons. The molecule has 0 aliphatic heterocycles. The minimum Gasteiger partial charge on any atom is -0.384 e. The number of rotatable bonds is 4. The first-order valence-electron chi connectivity index (χ1n) is 6.82. The summed E-state index contributed by atoms with van der Waals surface area (Å²) in [4.78, 5) is 9.71. The first-order chi connectivity index (χ1) is 10.1. The van der Waals surface area contributed by atoms with Crippen molar-refractivity contribution in [3.8, 4) is 11.3 Å². The molecule has 0 aromatic carbocycles. The molecule has 0 amide bonds. The summed E-state index contributed by atoms with van der Waals surface area (Å²) in [6, 6.07) is 8.12. The van der Waals surface area contributed by atoms with E-state index in [0.29, 0.717) is 5.82 Å². The largest absolute Gasteiger partial charge is 0.384 e. The highest BCUT2D eigenvalue weighted by atomic mass is 32.1. The molecule has 3 aromatic heterocycles. The van der Waals surface area contributed by atoms with Gasteiger partial charge in [0.15, 0.2) is 0 Å². The Bertz CT molecular complexity index is 728. The normalized spacial score (nSPS) is 11.7. The lowest BCUT2D eigenvalue weighted by molar-refractivity contribution is 0.445. The van der Waals surface area contributed by atoms with E-state index in [0.717, 1.165) is 17.8 Å². The van der Waals surface area contributed by atoms with Crippen molar-refractivity contribution in [3.63, 3.8) is 0 Å². The van der Waals surface area contributed by atoms with E-state index in [1.54, 1.807) is 17.5 Å². The number of imidazole rings is 1. The quantitative estimate of drug-likeness (QED) is 0.801. The fourth-order valence-electron chi connectivity index (χ4n) is 2.46. The molecule has 3 rings (SSSR count). The number of pyridine rings is 1. The van der Waals surface area contributed by atoms with Crippen LogP contribution in [0.5, 0.6) is 0 Å². The zero-order valence-electron chi connectivity index (χ0n) is 12.2. The second-order valence-electron chi connectivity index (χ2n) is 5.74. The van der Waals surface area contributed by atoms with Gasteiger partial charge in [-0.15, -0.1) is 11.3 Å². The third-order valence-electron chi connectivity index (χ3n) is 3.54. The number of nitrogen functional groups attached to an aromatic ring is 1. The summed E-state index contributed by atoms with van der Waals surface area (Å²) >= 11 is 1.79.